The van der Waals surface area contributed by atoms with Crippen LogP contribution in [0.3, 0.4) is 0 Å². The summed E-state index contributed by atoms with van der Waals surface area (Å²) in [6.45, 7) is 0.148. The highest BCUT2D eigenvalue weighted by atomic mass is 32.1. The van der Waals surface area contributed by atoms with Crippen LogP contribution in [-0.2, 0) is 6.61 Å². The van der Waals surface area contributed by atoms with Gasteiger partial charge in [0.2, 0.25) is 0 Å². The zero-order chi connectivity index (χ0) is 18.8. The minimum Gasteiger partial charge on any atom is -0.487 e. The van der Waals surface area contributed by atoms with E-state index in [0.29, 0.717) is 27.5 Å². The predicted octanol–water partition coefficient (Wildman–Crippen LogP) is 3.71. The lowest BCUT2D eigenvalue weighted by Gasteiger charge is -2.07. The molecule has 0 unspecified atom stereocenters. The van der Waals surface area contributed by atoms with Crippen molar-refractivity contribution in [2.45, 2.75) is 6.61 Å². The molecule has 0 radical (unpaired) electrons. The number of fused-ring (bicyclic) bond motifs is 1. The monoisotopic (exact) mass is 380 g/mol. The van der Waals surface area contributed by atoms with Crippen molar-refractivity contribution >= 4 is 22.1 Å². The van der Waals surface area contributed by atoms with E-state index in [2.05, 4.69) is 4.98 Å². The molecule has 4 aromatic rings. The highest BCUT2D eigenvalue weighted by molar-refractivity contribution is 7.15. The van der Waals surface area contributed by atoms with Crippen LogP contribution in [0.2, 0.25) is 0 Å². The maximum Gasteiger partial charge on any atom is 0.258 e. The molecule has 0 atom stereocenters. The minimum absolute atomic E-state index is 0.148. The van der Waals surface area contributed by atoms with Gasteiger partial charge in [0.25, 0.3) is 5.56 Å². The number of thiazole rings is 1. The summed E-state index contributed by atoms with van der Waals surface area (Å²) in [5.74, 6) is -0.0255. The van der Waals surface area contributed by atoms with E-state index < -0.39 is 0 Å². The quantitative estimate of drug-likeness (QED) is 0.495. The number of ketones is 1. The third kappa shape index (κ3) is 3.63. The van der Waals surface area contributed by atoms with E-state index in [4.69, 9.17) is 4.74 Å². The number of hydrogen-bond acceptors (Lipinski definition) is 5. The molecule has 2 aromatic heterocycles. The molecule has 7 heteroatoms. The Balaban J connectivity index is 1.46. The molecule has 0 aliphatic heterocycles. The average Bonchev–Trinajstić information content (AvgIpc) is 3.16. The lowest BCUT2D eigenvalue weighted by Crippen LogP contribution is -2.14. The highest BCUT2D eigenvalue weighted by Crippen LogP contribution is 2.17. The van der Waals surface area contributed by atoms with Gasteiger partial charge in [-0.3, -0.25) is 14.0 Å². The lowest BCUT2D eigenvalue weighted by molar-refractivity contribution is 0.103. The standard InChI is InChI=1S/C20H13FN2O3S/c21-15-5-1-13(2-6-15)19(25)14-3-7-17(8-4-14)26-12-16-11-18(24)23-9-10-27-20(23)22-16/h1-11H,12H2. The summed E-state index contributed by atoms with van der Waals surface area (Å²) in [6, 6.07) is 13.5. The second-order valence-corrected chi connectivity index (χ2v) is 6.66. The molecular formula is C20H13FN2O3S. The normalized spacial score (nSPS) is 10.9. The van der Waals surface area contributed by atoms with Crippen molar-refractivity contribution in [1.82, 2.24) is 9.38 Å². The van der Waals surface area contributed by atoms with Crippen LogP contribution in [0.15, 0.2) is 71.0 Å². The van der Waals surface area contributed by atoms with Crippen molar-refractivity contribution in [3.05, 3.63) is 99.2 Å². The summed E-state index contributed by atoms with van der Waals surface area (Å²) in [6.07, 6.45) is 1.68. The number of halogens is 1. The summed E-state index contributed by atoms with van der Waals surface area (Å²) < 4.78 is 20.1. The molecule has 0 aliphatic carbocycles. The Labute approximate surface area is 157 Å². The number of carbonyl (C=O) groups excluding carboxylic acids is 1. The van der Waals surface area contributed by atoms with Crippen LogP contribution in [0, 0.1) is 5.82 Å². The predicted molar refractivity (Wildman–Crippen MR) is 99.9 cm³/mol. The molecule has 0 spiro atoms. The molecule has 0 saturated carbocycles. The van der Waals surface area contributed by atoms with E-state index in [9.17, 15) is 14.0 Å². The van der Waals surface area contributed by atoms with Crippen LogP contribution in [0.4, 0.5) is 4.39 Å². The molecule has 0 aliphatic rings. The fourth-order valence-corrected chi connectivity index (χ4v) is 3.33. The van der Waals surface area contributed by atoms with Gasteiger partial charge in [-0.15, -0.1) is 11.3 Å². The van der Waals surface area contributed by atoms with Gasteiger partial charge in [0, 0.05) is 28.8 Å². The van der Waals surface area contributed by atoms with Gasteiger partial charge < -0.3 is 4.74 Å². The van der Waals surface area contributed by atoms with Crippen LogP contribution >= 0.6 is 11.3 Å². The van der Waals surface area contributed by atoms with Gasteiger partial charge in [-0.2, -0.15) is 0 Å². The Bertz CT molecular complexity index is 1160. The number of ether oxygens (including phenoxy) is 1. The molecule has 5 nitrogen and oxygen atoms in total. The number of aromatic nitrogens is 2. The zero-order valence-electron chi connectivity index (χ0n) is 14.0. The maximum atomic E-state index is 13.0. The topological polar surface area (TPSA) is 60.7 Å². The Morgan fingerprint density at radius 3 is 2.44 bits per heavy atom. The largest absolute Gasteiger partial charge is 0.487 e. The molecule has 27 heavy (non-hydrogen) atoms. The van der Waals surface area contributed by atoms with Gasteiger partial charge >= 0.3 is 0 Å². The fourth-order valence-electron chi connectivity index (χ4n) is 2.59. The molecule has 0 N–H and O–H groups in total. The first-order valence-electron chi connectivity index (χ1n) is 8.09. The smallest absolute Gasteiger partial charge is 0.258 e. The van der Waals surface area contributed by atoms with Crippen LogP contribution in [0.25, 0.3) is 4.96 Å². The Kier molecular flexibility index (Phi) is 4.52. The van der Waals surface area contributed by atoms with Crippen molar-refractivity contribution in [1.29, 1.82) is 0 Å². The van der Waals surface area contributed by atoms with Crippen molar-refractivity contribution in [2.75, 3.05) is 0 Å². The molecular weight excluding hydrogens is 367 g/mol. The average molecular weight is 380 g/mol. The third-order valence-corrected chi connectivity index (χ3v) is 4.72. The molecule has 2 aromatic carbocycles. The number of hydrogen-bond donors (Lipinski definition) is 0. The molecule has 0 saturated heterocycles. The van der Waals surface area contributed by atoms with Crippen molar-refractivity contribution in [2.24, 2.45) is 0 Å². The second kappa shape index (κ2) is 7.13. The summed E-state index contributed by atoms with van der Waals surface area (Å²) in [4.78, 5) is 29.3. The number of carbonyl (C=O) groups is 1. The number of rotatable bonds is 5. The van der Waals surface area contributed by atoms with Crippen LogP contribution in [-0.4, -0.2) is 15.2 Å². The van der Waals surface area contributed by atoms with Crippen molar-refractivity contribution in [3.63, 3.8) is 0 Å². The molecule has 134 valence electrons. The number of benzene rings is 2. The molecule has 0 amide bonds. The number of nitrogens with zero attached hydrogens (tertiary/aromatic N) is 2. The first-order chi connectivity index (χ1) is 13.1. The SMILES string of the molecule is O=C(c1ccc(F)cc1)c1ccc(OCc2cc(=O)n3ccsc3n2)cc1. The third-order valence-electron chi connectivity index (χ3n) is 3.97. The van der Waals surface area contributed by atoms with Crippen LogP contribution in [0.5, 0.6) is 5.75 Å². The van der Waals surface area contributed by atoms with Gasteiger partial charge in [0.05, 0.1) is 5.69 Å². The first-order valence-corrected chi connectivity index (χ1v) is 8.97. The van der Waals surface area contributed by atoms with Gasteiger partial charge in [0.1, 0.15) is 18.2 Å². The summed E-state index contributed by atoms with van der Waals surface area (Å²) in [7, 11) is 0. The van der Waals surface area contributed by atoms with E-state index in [1.165, 1.54) is 46.1 Å². The maximum absolute atomic E-state index is 13.0. The van der Waals surface area contributed by atoms with Gasteiger partial charge in [-0.25, -0.2) is 9.37 Å². The molecule has 2 heterocycles. The van der Waals surface area contributed by atoms with Gasteiger partial charge in [-0.1, -0.05) is 0 Å². The Morgan fingerprint density at radius 1 is 1.07 bits per heavy atom. The van der Waals surface area contributed by atoms with Crippen molar-refractivity contribution < 1.29 is 13.9 Å². The summed E-state index contributed by atoms with van der Waals surface area (Å²) in [5.41, 5.74) is 1.28. The summed E-state index contributed by atoms with van der Waals surface area (Å²) in [5, 5.41) is 1.80. The van der Waals surface area contributed by atoms with Gasteiger partial charge in [0.15, 0.2) is 10.7 Å². The second-order valence-electron chi connectivity index (χ2n) is 5.79. The highest BCUT2D eigenvalue weighted by Gasteiger charge is 2.10. The molecule has 4 rings (SSSR count). The first kappa shape index (κ1) is 17.1. The van der Waals surface area contributed by atoms with Crippen molar-refractivity contribution in [3.8, 4) is 5.75 Å². The van der Waals surface area contributed by atoms with E-state index >= 15 is 0 Å². The fraction of sp³-hybridized carbons (Fsp3) is 0.0500. The molecule has 0 fully saturated rings. The lowest BCUT2D eigenvalue weighted by atomic mass is 10.0. The zero-order valence-corrected chi connectivity index (χ0v) is 14.8. The van der Waals surface area contributed by atoms with E-state index in [1.807, 2.05) is 0 Å². The van der Waals surface area contributed by atoms with E-state index in [0.717, 1.165) is 0 Å². The van der Waals surface area contributed by atoms with E-state index in [-0.39, 0.29) is 23.8 Å². The molecule has 0 bridgehead atoms. The summed E-state index contributed by atoms with van der Waals surface area (Å²) >= 11 is 1.38. The minimum atomic E-state index is -0.385. The van der Waals surface area contributed by atoms with Crippen LogP contribution < -0.4 is 10.3 Å². The van der Waals surface area contributed by atoms with Crippen LogP contribution in [0.1, 0.15) is 21.6 Å². The Hall–Kier alpha value is -3.32. The Morgan fingerprint density at radius 2 is 1.74 bits per heavy atom. The van der Waals surface area contributed by atoms with E-state index in [1.54, 1.807) is 35.8 Å². The van der Waals surface area contributed by atoms with Gasteiger partial charge in [-0.05, 0) is 48.5 Å².